The minimum atomic E-state index is 0.801. The van der Waals surface area contributed by atoms with Crippen molar-refractivity contribution in [2.24, 2.45) is 23.7 Å². The summed E-state index contributed by atoms with van der Waals surface area (Å²) in [5.41, 5.74) is 0. The van der Waals surface area contributed by atoms with E-state index in [-0.39, 0.29) is 0 Å². The van der Waals surface area contributed by atoms with Crippen LogP contribution < -0.4 is 0 Å². The molecule has 1 saturated carbocycles. The molecule has 0 nitrogen and oxygen atoms in total. The van der Waals surface area contributed by atoms with E-state index < -0.39 is 0 Å². The maximum absolute atomic E-state index is 3.94. The summed E-state index contributed by atoms with van der Waals surface area (Å²) in [6.45, 7) is 6.26. The molecule has 0 N–H and O–H groups in total. The fraction of sp³-hybridized carbons (Fsp3) is 0.667. The normalized spacial score (nSPS) is 44.8. The zero-order chi connectivity index (χ0) is 8.55. The average Bonchev–Trinajstić information content (AvgIpc) is 2.63. The number of rotatable bonds is 2. The number of allylic oxidation sites excluding steroid dienone is 3. The van der Waals surface area contributed by atoms with Gasteiger partial charge in [0.25, 0.3) is 0 Å². The van der Waals surface area contributed by atoms with E-state index in [9.17, 15) is 0 Å². The van der Waals surface area contributed by atoms with Crippen molar-refractivity contribution in [3.8, 4) is 0 Å². The molecular weight excluding hydrogens is 144 g/mol. The molecule has 2 aliphatic carbocycles. The van der Waals surface area contributed by atoms with Gasteiger partial charge in [-0.3, -0.25) is 0 Å². The van der Waals surface area contributed by atoms with Gasteiger partial charge in [0.2, 0.25) is 0 Å². The van der Waals surface area contributed by atoms with Crippen LogP contribution in [0.4, 0.5) is 0 Å². The molecule has 1 fully saturated rings. The molecule has 0 heteroatoms. The molecule has 0 bridgehead atoms. The molecule has 66 valence electrons. The van der Waals surface area contributed by atoms with E-state index >= 15 is 0 Å². The second kappa shape index (κ2) is 3.08. The van der Waals surface area contributed by atoms with Gasteiger partial charge in [-0.05, 0) is 36.5 Å². The zero-order valence-electron chi connectivity index (χ0n) is 7.87. The van der Waals surface area contributed by atoms with Crippen molar-refractivity contribution in [3.63, 3.8) is 0 Å². The Balaban J connectivity index is 2.14. The lowest BCUT2D eigenvalue weighted by Gasteiger charge is -2.15. The highest BCUT2D eigenvalue weighted by molar-refractivity contribution is 5.11. The molecule has 0 aromatic heterocycles. The second-order valence-electron chi connectivity index (χ2n) is 4.21. The number of fused-ring (bicyclic) bond motifs is 1. The Hall–Kier alpha value is -0.520. The standard InChI is InChI=1S/C12H18/c1-3-9-8-10(4-2)12-7-5-6-11(9)12/h3,5,7,9-12H,1,4,6,8H2,2H3. The highest BCUT2D eigenvalue weighted by Crippen LogP contribution is 2.49. The van der Waals surface area contributed by atoms with Gasteiger partial charge in [-0.15, -0.1) is 6.58 Å². The topological polar surface area (TPSA) is 0 Å². The van der Waals surface area contributed by atoms with E-state index in [2.05, 4.69) is 31.7 Å². The molecule has 0 amide bonds. The summed E-state index contributed by atoms with van der Waals surface area (Å²) < 4.78 is 0. The van der Waals surface area contributed by atoms with Crippen molar-refractivity contribution < 1.29 is 0 Å². The Bertz CT molecular complexity index is 202. The summed E-state index contributed by atoms with van der Waals surface area (Å²) in [5, 5.41) is 0. The summed E-state index contributed by atoms with van der Waals surface area (Å²) in [7, 11) is 0. The highest BCUT2D eigenvalue weighted by atomic mass is 14.4. The molecule has 0 aromatic rings. The van der Waals surface area contributed by atoms with Crippen molar-refractivity contribution >= 4 is 0 Å². The Morgan fingerprint density at radius 3 is 3.08 bits per heavy atom. The fourth-order valence-electron chi connectivity index (χ4n) is 3.05. The van der Waals surface area contributed by atoms with E-state index in [1.54, 1.807) is 0 Å². The van der Waals surface area contributed by atoms with Gasteiger partial charge in [0.05, 0.1) is 0 Å². The lowest BCUT2D eigenvalue weighted by molar-refractivity contribution is 0.382. The SMILES string of the molecule is C=CC1CC(CC)C2C=CCC12. The molecular formula is C12H18. The van der Waals surface area contributed by atoms with Crippen molar-refractivity contribution in [1.82, 2.24) is 0 Å². The molecule has 0 radical (unpaired) electrons. The first-order valence-electron chi connectivity index (χ1n) is 5.16. The molecule has 0 heterocycles. The van der Waals surface area contributed by atoms with Gasteiger partial charge in [-0.25, -0.2) is 0 Å². The Morgan fingerprint density at radius 1 is 1.58 bits per heavy atom. The van der Waals surface area contributed by atoms with Crippen LogP contribution >= 0.6 is 0 Å². The van der Waals surface area contributed by atoms with Crippen molar-refractivity contribution in [2.75, 3.05) is 0 Å². The predicted octanol–water partition coefficient (Wildman–Crippen LogP) is 3.41. The predicted molar refractivity (Wildman–Crippen MR) is 52.8 cm³/mol. The van der Waals surface area contributed by atoms with Crippen LogP contribution in [0.15, 0.2) is 24.8 Å². The lowest BCUT2D eigenvalue weighted by atomic mass is 9.89. The van der Waals surface area contributed by atoms with Crippen LogP contribution in [-0.2, 0) is 0 Å². The van der Waals surface area contributed by atoms with Crippen LogP contribution in [0.5, 0.6) is 0 Å². The Morgan fingerprint density at radius 2 is 2.42 bits per heavy atom. The Kier molecular flexibility index (Phi) is 2.08. The first-order chi connectivity index (χ1) is 5.86. The smallest absolute Gasteiger partial charge is 0.0168 e. The van der Waals surface area contributed by atoms with E-state index in [1.807, 2.05) is 0 Å². The van der Waals surface area contributed by atoms with Crippen LogP contribution in [0.3, 0.4) is 0 Å². The quantitative estimate of drug-likeness (QED) is 0.546. The van der Waals surface area contributed by atoms with Gasteiger partial charge in [0, 0.05) is 0 Å². The van der Waals surface area contributed by atoms with Crippen molar-refractivity contribution in [1.29, 1.82) is 0 Å². The van der Waals surface area contributed by atoms with E-state index in [1.165, 1.54) is 19.3 Å². The summed E-state index contributed by atoms with van der Waals surface area (Å²) in [6.07, 6.45) is 11.0. The van der Waals surface area contributed by atoms with Gasteiger partial charge in [-0.1, -0.05) is 31.6 Å². The molecule has 0 aromatic carbocycles. The third kappa shape index (κ3) is 1.05. The molecule has 12 heavy (non-hydrogen) atoms. The highest BCUT2D eigenvalue weighted by Gasteiger charge is 2.40. The van der Waals surface area contributed by atoms with Gasteiger partial charge in [0.1, 0.15) is 0 Å². The third-order valence-corrected chi connectivity index (χ3v) is 3.76. The molecule has 0 spiro atoms. The van der Waals surface area contributed by atoms with Crippen LogP contribution in [0, 0.1) is 23.7 Å². The van der Waals surface area contributed by atoms with Crippen LogP contribution in [0.25, 0.3) is 0 Å². The first-order valence-corrected chi connectivity index (χ1v) is 5.16. The molecule has 0 saturated heterocycles. The van der Waals surface area contributed by atoms with E-state index in [4.69, 9.17) is 0 Å². The van der Waals surface area contributed by atoms with E-state index in [0.29, 0.717) is 0 Å². The summed E-state index contributed by atoms with van der Waals surface area (Å²) in [6, 6.07) is 0. The summed E-state index contributed by atoms with van der Waals surface area (Å²) >= 11 is 0. The minimum Gasteiger partial charge on any atom is -0.103 e. The van der Waals surface area contributed by atoms with Gasteiger partial charge in [-0.2, -0.15) is 0 Å². The lowest BCUT2D eigenvalue weighted by Crippen LogP contribution is -2.09. The van der Waals surface area contributed by atoms with Crippen molar-refractivity contribution in [3.05, 3.63) is 24.8 Å². The molecule has 2 aliphatic rings. The van der Waals surface area contributed by atoms with Gasteiger partial charge in [0.15, 0.2) is 0 Å². The first kappa shape index (κ1) is 8.10. The average molecular weight is 162 g/mol. The Labute approximate surface area is 75.4 Å². The van der Waals surface area contributed by atoms with Crippen LogP contribution in [0.1, 0.15) is 26.2 Å². The largest absolute Gasteiger partial charge is 0.103 e. The molecule has 4 unspecified atom stereocenters. The summed E-state index contributed by atoms with van der Waals surface area (Å²) in [5.74, 6) is 3.54. The monoisotopic (exact) mass is 162 g/mol. The number of hydrogen-bond acceptors (Lipinski definition) is 0. The fourth-order valence-corrected chi connectivity index (χ4v) is 3.05. The van der Waals surface area contributed by atoms with Crippen LogP contribution in [-0.4, -0.2) is 0 Å². The van der Waals surface area contributed by atoms with Crippen LogP contribution in [0.2, 0.25) is 0 Å². The third-order valence-electron chi connectivity index (χ3n) is 3.76. The zero-order valence-corrected chi connectivity index (χ0v) is 7.87. The van der Waals surface area contributed by atoms with Crippen molar-refractivity contribution in [2.45, 2.75) is 26.2 Å². The maximum Gasteiger partial charge on any atom is -0.0168 e. The molecule has 2 rings (SSSR count). The second-order valence-corrected chi connectivity index (χ2v) is 4.21. The minimum absolute atomic E-state index is 0.801. The molecule has 4 atom stereocenters. The number of hydrogen-bond donors (Lipinski definition) is 0. The van der Waals surface area contributed by atoms with E-state index in [0.717, 1.165) is 23.7 Å². The van der Waals surface area contributed by atoms with Gasteiger partial charge >= 0.3 is 0 Å². The summed E-state index contributed by atoms with van der Waals surface area (Å²) in [4.78, 5) is 0. The van der Waals surface area contributed by atoms with Gasteiger partial charge < -0.3 is 0 Å². The molecule has 0 aliphatic heterocycles. The maximum atomic E-state index is 3.94.